The van der Waals surface area contributed by atoms with Gasteiger partial charge in [-0.3, -0.25) is 9.59 Å². The van der Waals surface area contributed by atoms with Crippen LogP contribution in [0.15, 0.2) is 12.2 Å². The van der Waals surface area contributed by atoms with Crippen LogP contribution in [0.3, 0.4) is 0 Å². The van der Waals surface area contributed by atoms with Gasteiger partial charge in [-0.25, -0.2) is 0 Å². The lowest BCUT2D eigenvalue weighted by molar-refractivity contribution is -0.161. The van der Waals surface area contributed by atoms with Gasteiger partial charge in [0.2, 0.25) is 0 Å². The smallest absolute Gasteiger partial charge is 0.310 e. The molecule has 1 aliphatic carbocycles. The summed E-state index contributed by atoms with van der Waals surface area (Å²) in [5.41, 5.74) is 0. The average molecular weight is 479 g/mol. The number of ether oxygens (including phenoxy) is 2. The van der Waals surface area contributed by atoms with Gasteiger partial charge in [-0.1, -0.05) is 129 Å². The number of esters is 2. The molecule has 198 valence electrons. The van der Waals surface area contributed by atoms with Crippen molar-refractivity contribution in [2.45, 2.75) is 142 Å². The third kappa shape index (κ3) is 15.6. The second kappa shape index (κ2) is 22.2. The Morgan fingerprint density at radius 2 is 0.824 bits per heavy atom. The van der Waals surface area contributed by atoms with Crippen molar-refractivity contribution in [2.24, 2.45) is 11.8 Å². The molecule has 4 nitrogen and oxygen atoms in total. The van der Waals surface area contributed by atoms with Crippen LogP contribution in [0.4, 0.5) is 0 Å². The van der Waals surface area contributed by atoms with Crippen LogP contribution < -0.4 is 0 Å². The summed E-state index contributed by atoms with van der Waals surface area (Å²) >= 11 is 0. The summed E-state index contributed by atoms with van der Waals surface area (Å²) < 4.78 is 11.1. The number of rotatable bonds is 22. The minimum atomic E-state index is -0.389. The first kappa shape index (κ1) is 30.7. The Hall–Kier alpha value is -1.32. The van der Waals surface area contributed by atoms with E-state index in [1.807, 2.05) is 12.2 Å². The van der Waals surface area contributed by atoms with Crippen LogP contribution in [0.25, 0.3) is 0 Å². The van der Waals surface area contributed by atoms with E-state index in [4.69, 9.17) is 9.47 Å². The van der Waals surface area contributed by atoms with Crippen LogP contribution in [0.1, 0.15) is 142 Å². The normalized spacial score (nSPS) is 17.6. The fraction of sp³-hybridized carbons (Fsp3) is 0.867. The molecule has 4 heteroatoms. The number of unbranched alkanes of at least 4 members (excludes halogenated alkanes) is 16. The van der Waals surface area contributed by atoms with Crippen molar-refractivity contribution >= 4 is 11.9 Å². The van der Waals surface area contributed by atoms with Crippen LogP contribution in [0, 0.1) is 11.8 Å². The van der Waals surface area contributed by atoms with Gasteiger partial charge in [-0.15, -0.1) is 0 Å². The molecule has 0 bridgehead atoms. The average Bonchev–Trinajstić information content (AvgIpc) is 2.86. The molecular formula is C30H54O4. The molecule has 2 atom stereocenters. The first-order valence-electron chi connectivity index (χ1n) is 14.7. The van der Waals surface area contributed by atoms with Crippen molar-refractivity contribution in [3.63, 3.8) is 0 Å². The molecule has 0 radical (unpaired) electrons. The first-order valence-corrected chi connectivity index (χ1v) is 14.7. The van der Waals surface area contributed by atoms with Gasteiger partial charge in [0.1, 0.15) is 0 Å². The molecule has 1 rings (SSSR count). The highest BCUT2D eigenvalue weighted by Gasteiger charge is 2.36. The van der Waals surface area contributed by atoms with Crippen molar-refractivity contribution < 1.29 is 19.1 Å². The lowest BCUT2D eigenvalue weighted by Crippen LogP contribution is -2.34. The topological polar surface area (TPSA) is 52.6 Å². The van der Waals surface area contributed by atoms with Gasteiger partial charge < -0.3 is 9.47 Å². The minimum absolute atomic E-state index is 0.228. The van der Waals surface area contributed by atoms with E-state index in [2.05, 4.69) is 13.8 Å². The Labute approximate surface area is 210 Å². The molecule has 1 aliphatic rings. The Bertz CT molecular complexity index is 528. The van der Waals surface area contributed by atoms with Gasteiger partial charge in [0.15, 0.2) is 0 Å². The minimum Gasteiger partial charge on any atom is -0.465 e. The number of carbonyl (C=O) groups is 2. The molecule has 34 heavy (non-hydrogen) atoms. The Morgan fingerprint density at radius 3 is 1.15 bits per heavy atom. The fourth-order valence-corrected chi connectivity index (χ4v) is 4.72. The van der Waals surface area contributed by atoms with E-state index >= 15 is 0 Å². The van der Waals surface area contributed by atoms with Crippen LogP contribution in [-0.2, 0) is 19.1 Å². The molecule has 2 unspecified atom stereocenters. The summed E-state index contributed by atoms with van der Waals surface area (Å²) in [6.07, 6.45) is 27.6. The highest BCUT2D eigenvalue weighted by atomic mass is 16.5. The zero-order valence-corrected chi connectivity index (χ0v) is 22.5. The SMILES string of the molecule is CCCCCCCCCCCCCCOC(=O)C1CC=CCC1C(=O)OCCCCCCCC. The molecule has 0 spiro atoms. The van der Waals surface area contributed by atoms with Gasteiger partial charge in [0, 0.05) is 0 Å². The van der Waals surface area contributed by atoms with Gasteiger partial charge in [0.05, 0.1) is 25.0 Å². The molecule has 0 aromatic heterocycles. The molecule has 0 aromatic rings. The Balaban J connectivity index is 2.09. The van der Waals surface area contributed by atoms with Crippen molar-refractivity contribution in [3.05, 3.63) is 12.2 Å². The largest absolute Gasteiger partial charge is 0.465 e. The van der Waals surface area contributed by atoms with Gasteiger partial charge in [-0.2, -0.15) is 0 Å². The predicted molar refractivity (Wildman–Crippen MR) is 142 cm³/mol. The maximum atomic E-state index is 12.6. The standard InChI is InChI=1S/C30H54O4/c1-3-5-7-9-11-12-13-14-15-16-18-22-26-34-30(32)28-24-20-19-23-27(28)29(31)33-25-21-17-10-8-6-4-2/h19-20,27-28H,3-18,21-26H2,1-2H3. The van der Waals surface area contributed by atoms with E-state index in [1.165, 1.54) is 89.9 Å². The number of hydrogen-bond donors (Lipinski definition) is 0. The van der Waals surface area contributed by atoms with E-state index in [-0.39, 0.29) is 23.8 Å². The van der Waals surface area contributed by atoms with Crippen LogP contribution in [0.2, 0.25) is 0 Å². The Kier molecular flexibility index (Phi) is 20.0. The highest BCUT2D eigenvalue weighted by molar-refractivity contribution is 5.82. The molecule has 0 fully saturated rings. The van der Waals surface area contributed by atoms with Crippen molar-refractivity contribution in [3.8, 4) is 0 Å². The number of allylic oxidation sites excluding steroid dienone is 2. The molecule has 0 heterocycles. The summed E-state index contributed by atoms with van der Waals surface area (Å²) in [6.45, 7) is 5.40. The summed E-state index contributed by atoms with van der Waals surface area (Å²) in [6, 6.07) is 0. The number of carbonyl (C=O) groups excluding carboxylic acids is 2. The third-order valence-electron chi connectivity index (χ3n) is 7.02. The molecule has 0 amide bonds. The van der Waals surface area contributed by atoms with Gasteiger partial charge in [-0.05, 0) is 25.7 Å². The van der Waals surface area contributed by atoms with Crippen LogP contribution >= 0.6 is 0 Å². The van der Waals surface area contributed by atoms with E-state index in [0.29, 0.717) is 26.1 Å². The van der Waals surface area contributed by atoms with Crippen LogP contribution in [-0.4, -0.2) is 25.2 Å². The second-order valence-corrected chi connectivity index (χ2v) is 10.1. The molecule has 0 N–H and O–H groups in total. The van der Waals surface area contributed by atoms with Gasteiger partial charge >= 0.3 is 11.9 Å². The maximum Gasteiger partial charge on any atom is 0.310 e. The monoisotopic (exact) mass is 478 g/mol. The van der Waals surface area contributed by atoms with E-state index in [1.54, 1.807) is 0 Å². The summed E-state index contributed by atoms with van der Waals surface area (Å²) in [5.74, 6) is -1.24. The zero-order valence-electron chi connectivity index (χ0n) is 22.5. The summed E-state index contributed by atoms with van der Waals surface area (Å²) in [5, 5.41) is 0. The zero-order chi connectivity index (χ0) is 24.7. The quantitative estimate of drug-likeness (QED) is 0.0886. The summed E-state index contributed by atoms with van der Waals surface area (Å²) in [7, 11) is 0. The molecular weight excluding hydrogens is 424 g/mol. The molecule has 0 saturated heterocycles. The molecule has 0 aliphatic heterocycles. The lowest BCUT2D eigenvalue weighted by atomic mass is 9.83. The molecule has 0 saturated carbocycles. The van der Waals surface area contributed by atoms with E-state index in [9.17, 15) is 9.59 Å². The van der Waals surface area contributed by atoms with Gasteiger partial charge in [0.25, 0.3) is 0 Å². The Morgan fingerprint density at radius 1 is 0.529 bits per heavy atom. The van der Waals surface area contributed by atoms with Crippen molar-refractivity contribution in [1.29, 1.82) is 0 Å². The first-order chi connectivity index (χ1) is 16.7. The lowest BCUT2D eigenvalue weighted by Gasteiger charge is -2.25. The third-order valence-corrected chi connectivity index (χ3v) is 7.02. The second-order valence-electron chi connectivity index (χ2n) is 10.1. The van der Waals surface area contributed by atoms with Crippen molar-refractivity contribution in [2.75, 3.05) is 13.2 Å². The molecule has 0 aromatic carbocycles. The van der Waals surface area contributed by atoms with Crippen LogP contribution in [0.5, 0.6) is 0 Å². The summed E-state index contributed by atoms with van der Waals surface area (Å²) in [4.78, 5) is 25.2. The number of hydrogen-bond acceptors (Lipinski definition) is 4. The van der Waals surface area contributed by atoms with E-state index < -0.39 is 0 Å². The maximum absolute atomic E-state index is 12.6. The highest BCUT2D eigenvalue weighted by Crippen LogP contribution is 2.28. The van der Waals surface area contributed by atoms with E-state index in [0.717, 1.165) is 25.7 Å². The predicted octanol–water partition coefficient (Wildman–Crippen LogP) is 8.72. The van der Waals surface area contributed by atoms with Crippen molar-refractivity contribution in [1.82, 2.24) is 0 Å². The fourth-order valence-electron chi connectivity index (χ4n) is 4.72.